The van der Waals surface area contributed by atoms with Gasteiger partial charge in [0.1, 0.15) is 0 Å². The molecule has 0 aliphatic heterocycles. The molecule has 2 rings (SSSR count). The van der Waals surface area contributed by atoms with Crippen molar-refractivity contribution < 1.29 is 14.7 Å². The standard InChI is InChI=1S/C15H19NO3/c1-9(8-14(17)18)11-3-5-12(6-4-11)16-15(19)13-7-10(13)2/h3-6,9-10,13H,7-8H2,1-2H3,(H,16,19)(H,17,18). The molecule has 1 fully saturated rings. The fourth-order valence-electron chi connectivity index (χ4n) is 2.20. The van der Waals surface area contributed by atoms with E-state index in [9.17, 15) is 9.59 Å². The molecule has 1 aliphatic carbocycles. The van der Waals surface area contributed by atoms with Gasteiger partial charge < -0.3 is 10.4 Å². The van der Waals surface area contributed by atoms with E-state index in [1.807, 2.05) is 31.2 Å². The van der Waals surface area contributed by atoms with Crippen molar-refractivity contribution >= 4 is 17.6 Å². The third-order valence-electron chi connectivity index (χ3n) is 3.67. The van der Waals surface area contributed by atoms with E-state index in [2.05, 4.69) is 12.2 Å². The molecular weight excluding hydrogens is 242 g/mol. The summed E-state index contributed by atoms with van der Waals surface area (Å²) in [7, 11) is 0. The Morgan fingerprint density at radius 1 is 1.37 bits per heavy atom. The van der Waals surface area contributed by atoms with E-state index in [1.165, 1.54) is 0 Å². The minimum atomic E-state index is -0.799. The molecule has 0 saturated heterocycles. The van der Waals surface area contributed by atoms with Crippen LogP contribution in [0.1, 0.15) is 38.2 Å². The zero-order chi connectivity index (χ0) is 14.0. The maximum absolute atomic E-state index is 11.8. The summed E-state index contributed by atoms with van der Waals surface area (Å²) in [6.45, 7) is 3.95. The number of amides is 1. The molecule has 102 valence electrons. The first kappa shape index (κ1) is 13.6. The summed E-state index contributed by atoms with van der Waals surface area (Å²) in [6.07, 6.45) is 1.09. The fourth-order valence-corrected chi connectivity index (χ4v) is 2.20. The normalized spacial score (nSPS) is 22.6. The summed E-state index contributed by atoms with van der Waals surface area (Å²) in [5.74, 6) is -0.0855. The van der Waals surface area contributed by atoms with E-state index < -0.39 is 5.97 Å². The summed E-state index contributed by atoms with van der Waals surface area (Å²) < 4.78 is 0. The average molecular weight is 261 g/mol. The van der Waals surface area contributed by atoms with Crippen molar-refractivity contribution in [1.82, 2.24) is 0 Å². The van der Waals surface area contributed by atoms with Gasteiger partial charge in [0, 0.05) is 11.6 Å². The van der Waals surface area contributed by atoms with Gasteiger partial charge in [0.05, 0.1) is 6.42 Å². The zero-order valence-electron chi connectivity index (χ0n) is 11.2. The van der Waals surface area contributed by atoms with Crippen LogP contribution in [-0.2, 0) is 9.59 Å². The van der Waals surface area contributed by atoms with Crippen molar-refractivity contribution in [3.8, 4) is 0 Å². The van der Waals surface area contributed by atoms with Gasteiger partial charge in [-0.05, 0) is 36.0 Å². The van der Waals surface area contributed by atoms with Crippen LogP contribution in [-0.4, -0.2) is 17.0 Å². The average Bonchev–Trinajstić information content (AvgIpc) is 3.06. The van der Waals surface area contributed by atoms with Gasteiger partial charge in [0.2, 0.25) is 5.91 Å². The maximum Gasteiger partial charge on any atom is 0.303 e. The Hall–Kier alpha value is -1.84. The number of hydrogen-bond donors (Lipinski definition) is 2. The first-order chi connectivity index (χ1) is 8.97. The Morgan fingerprint density at radius 2 is 1.95 bits per heavy atom. The second-order valence-corrected chi connectivity index (χ2v) is 5.43. The van der Waals surface area contributed by atoms with Crippen LogP contribution in [0.3, 0.4) is 0 Å². The summed E-state index contributed by atoms with van der Waals surface area (Å²) in [5.41, 5.74) is 1.75. The van der Waals surface area contributed by atoms with E-state index in [0.717, 1.165) is 17.7 Å². The van der Waals surface area contributed by atoms with E-state index >= 15 is 0 Å². The minimum Gasteiger partial charge on any atom is -0.481 e. The van der Waals surface area contributed by atoms with Gasteiger partial charge in [0.15, 0.2) is 0 Å². The Bertz CT molecular complexity index is 481. The Labute approximate surface area is 112 Å². The number of carbonyl (C=O) groups is 2. The highest BCUT2D eigenvalue weighted by Gasteiger charge is 2.38. The molecule has 1 amide bonds. The fraction of sp³-hybridized carbons (Fsp3) is 0.467. The van der Waals surface area contributed by atoms with Gasteiger partial charge >= 0.3 is 5.97 Å². The summed E-state index contributed by atoms with van der Waals surface area (Å²) in [5, 5.41) is 11.6. The van der Waals surface area contributed by atoms with Crippen molar-refractivity contribution in [2.24, 2.45) is 11.8 Å². The monoisotopic (exact) mass is 261 g/mol. The van der Waals surface area contributed by atoms with Crippen LogP contribution >= 0.6 is 0 Å². The topological polar surface area (TPSA) is 66.4 Å². The van der Waals surface area contributed by atoms with Gasteiger partial charge in [-0.15, -0.1) is 0 Å². The van der Waals surface area contributed by atoms with Crippen molar-refractivity contribution in [3.05, 3.63) is 29.8 Å². The molecule has 2 N–H and O–H groups in total. The van der Waals surface area contributed by atoms with Crippen LogP contribution in [0.25, 0.3) is 0 Å². The van der Waals surface area contributed by atoms with E-state index in [0.29, 0.717) is 5.92 Å². The number of rotatable bonds is 5. The number of carboxylic acids is 1. The van der Waals surface area contributed by atoms with E-state index in [4.69, 9.17) is 5.11 Å². The molecule has 1 aromatic carbocycles. The highest BCUT2D eigenvalue weighted by molar-refractivity contribution is 5.94. The molecule has 1 aromatic rings. The number of carbonyl (C=O) groups excluding carboxylic acids is 1. The Balaban J connectivity index is 1.94. The zero-order valence-corrected chi connectivity index (χ0v) is 11.2. The van der Waals surface area contributed by atoms with Crippen LogP contribution in [0.5, 0.6) is 0 Å². The van der Waals surface area contributed by atoms with Crippen molar-refractivity contribution in [1.29, 1.82) is 0 Å². The molecule has 1 aliphatic rings. The summed E-state index contributed by atoms with van der Waals surface area (Å²) in [6, 6.07) is 7.41. The first-order valence-corrected chi connectivity index (χ1v) is 6.60. The van der Waals surface area contributed by atoms with Gasteiger partial charge in [-0.3, -0.25) is 9.59 Å². The second-order valence-electron chi connectivity index (χ2n) is 5.43. The summed E-state index contributed by atoms with van der Waals surface area (Å²) >= 11 is 0. The lowest BCUT2D eigenvalue weighted by atomic mass is 9.98. The lowest BCUT2D eigenvalue weighted by Crippen LogP contribution is -2.14. The molecule has 4 nitrogen and oxygen atoms in total. The quantitative estimate of drug-likeness (QED) is 0.856. The van der Waals surface area contributed by atoms with Crippen LogP contribution in [0.2, 0.25) is 0 Å². The molecule has 0 heterocycles. The lowest BCUT2D eigenvalue weighted by Gasteiger charge is -2.10. The number of benzene rings is 1. The van der Waals surface area contributed by atoms with Gasteiger partial charge in [-0.25, -0.2) is 0 Å². The van der Waals surface area contributed by atoms with Crippen molar-refractivity contribution in [2.75, 3.05) is 5.32 Å². The third kappa shape index (κ3) is 3.56. The molecule has 3 unspecified atom stereocenters. The number of anilines is 1. The van der Waals surface area contributed by atoms with Gasteiger partial charge in [0.25, 0.3) is 0 Å². The third-order valence-corrected chi connectivity index (χ3v) is 3.67. The number of aliphatic carboxylic acids is 1. The first-order valence-electron chi connectivity index (χ1n) is 6.60. The predicted molar refractivity (Wildman–Crippen MR) is 73.0 cm³/mol. The molecular formula is C15H19NO3. The number of carboxylic acid groups (broad SMARTS) is 1. The molecule has 0 spiro atoms. The smallest absolute Gasteiger partial charge is 0.303 e. The van der Waals surface area contributed by atoms with Gasteiger partial charge in [-0.2, -0.15) is 0 Å². The van der Waals surface area contributed by atoms with E-state index in [1.54, 1.807) is 0 Å². The van der Waals surface area contributed by atoms with Crippen LogP contribution in [0, 0.1) is 11.8 Å². The Morgan fingerprint density at radius 3 is 2.42 bits per heavy atom. The van der Waals surface area contributed by atoms with Gasteiger partial charge in [-0.1, -0.05) is 26.0 Å². The number of hydrogen-bond acceptors (Lipinski definition) is 2. The lowest BCUT2D eigenvalue weighted by molar-refractivity contribution is -0.137. The molecule has 3 atom stereocenters. The largest absolute Gasteiger partial charge is 0.481 e. The van der Waals surface area contributed by atoms with Crippen molar-refractivity contribution in [3.63, 3.8) is 0 Å². The van der Waals surface area contributed by atoms with Crippen LogP contribution < -0.4 is 5.32 Å². The van der Waals surface area contributed by atoms with E-state index in [-0.39, 0.29) is 24.2 Å². The number of nitrogens with one attached hydrogen (secondary N) is 1. The minimum absolute atomic E-state index is 0.0225. The Kier molecular flexibility index (Phi) is 3.88. The molecule has 0 radical (unpaired) electrons. The molecule has 0 aromatic heterocycles. The predicted octanol–water partition coefficient (Wildman–Crippen LogP) is 2.86. The highest BCUT2D eigenvalue weighted by atomic mass is 16.4. The molecule has 1 saturated carbocycles. The van der Waals surface area contributed by atoms with Crippen molar-refractivity contribution in [2.45, 2.75) is 32.6 Å². The SMILES string of the molecule is CC(CC(=O)O)c1ccc(NC(=O)C2CC2C)cc1. The molecule has 4 heteroatoms. The van der Waals surface area contributed by atoms with Crippen LogP contribution in [0.4, 0.5) is 5.69 Å². The second kappa shape index (κ2) is 5.43. The summed E-state index contributed by atoms with van der Waals surface area (Å²) in [4.78, 5) is 22.4. The van der Waals surface area contributed by atoms with Crippen LogP contribution in [0.15, 0.2) is 24.3 Å². The molecule has 0 bridgehead atoms. The molecule has 19 heavy (non-hydrogen) atoms. The highest BCUT2D eigenvalue weighted by Crippen LogP contribution is 2.38. The maximum atomic E-state index is 11.8.